The Morgan fingerprint density at radius 2 is 1.95 bits per heavy atom. The Kier molecular flexibility index (Phi) is 5.86. The minimum absolute atomic E-state index is 0. The molecule has 4 nitrogen and oxygen atoms in total. The maximum absolute atomic E-state index is 12.0. The quantitative estimate of drug-likeness (QED) is 0.926. The highest BCUT2D eigenvalue weighted by molar-refractivity contribution is 5.85. The average Bonchev–Trinajstić information content (AvgIpc) is 2.77. The van der Waals surface area contributed by atoms with Gasteiger partial charge in [0.15, 0.2) is 0 Å². The van der Waals surface area contributed by atoms with Gasteiger partial charge in [0, 0.05) is 19.1 Å². The summed E-state index contributed by atoms with van der Waals surface area (Å²) in [4.78, 5) is 13.6. The lowest BCUT2D eigenvalue weighted by molar-refractivity contribution is -0.274. The molecule has 8 heteroatoms. The molecule has 0 aromatic heterocycles. The van der Waals surface area contributed by atoms with Crippen molar-refractivity contribution in [1.82, 2.24) is 4.90 Å². The van der Waals surface area contributed by atoms with E-state index in [-0.39, 0.29) is 36.5 Å². The molecule has 1 aromatic rings. The molecule has 21 heavy (non-hydrogen) atoms. The Balaban J connectivity index is 0.00000220. The van der Waals surface area contributed by atoms with Crippen molar-refractivity contribution in [2.45, 2.75) is 25.2 Å². The van der Waals surface area contributed by atoms with Gasteiger partial charge in [-0.15, -0.1) is 25.6 Å². The van der Waals surface area contributed by atoms with Crippen molar-refractivity contribution in [3.05, 3.63) is 29.8 Å². The van der Waals surface area contributed by atoms with Gasteiger partial charge in [-0.2, -0.15) is 0 Å². The molecule has 1 atom stereocenters. The van der Waals surface area contributed by atoms with Gasteiger partial charge in [0.25, 0.3) is 0 Å². The van der Waals surface area contributed by atoms with Crippen LogP contribution in [-0.2, 0) is 11.2 Å². The maximum atomic E-state index is 12.0. The van der Waals surface area contributed by atoms with Crippen molar-refractivity contribution in [1.29, 1.82) is 0 Å². The standard InChI is InChI=1S/C13H15F3N2O2.ClH/c14-13(15,16)20-11-3-1-9(2-4-11)7-12(19)18-6-5-10(17)8-18;/h1-4,10H,5-8,17H2;1H. The molecule has 0 aliphatic carbocycles. The lowest BCUT2D eigenvalue weighted by atomic mass is 10.1. The van der Waals surface area contributed by atoms with Crippen LogP contribution in [0.2, 0.25) is 0 Å². The van der Waals surface area contributed by atoms with E-state index in [1.165, 1.54) is 24.3 Å². The number of ether oxygens (including phenoxy) is 1. The Bertz CT molecular complexity index is 479. The Morgan fingerprint density at radius 3 is 2.43 bits per heavy atom. The smallest absolute Gasteiger partial charge is 0.406 e. The minimum Gasteiger partial charge on any atom is -0.406 e. The van der Waals surface area contributed by atoms with Crippen LogP contribution in [0.1, 0.15) is 12.0 Å². The van der Waals surface area contributed by atoms with E-state index in [0.717, 1.165) is 6.42 Å². The molecule has 1 aromatic carbocycles. The summed E-state index contributed by atoms with van der Waals surface area (Å²) in [7, 11) is 0. The zero-order valence-corrected chi connectivity index (χ0v) is 11.9. The molecular formula is C13H16ClF3N2O2. The summed E-state index contributed by atoms with van der Waals surface area (Å²) in [6, 6.07) is 5.32. The number of carbonyl (C=O) groups is 1. The number of likely N-dealkylation sites (tertiary alicyclic amines) is 1. The number of hydrogen-bond donors (Lipinski definition) is 1. The first-order chi connectivity index (χ1) is 9.33. The van der Waals surface area contributed by atoms with E-state index < -0.39 is 6.36 Å². The van der Waals surface area contributed by atoms with Crippen LogP contribution in [0.3, 0.4) is 0 Å². The maximum Gasteiger partial charge on any atom is 0.573 e. The number of hydrogen-bond acceptors (Lipinski definition) is 3. The normalized spacial score (nSPS) is 18.3. The fraction of sp³-hybridized carbons (Fsp3) is 0.462. The van der Waals surface area contributed by atoms with Gasteiger partial charge < -0.3 is 15.4 Å². The molecule has 2 rings (SSSR count). The van der Waals surface area contributed by atoms with E-state index in [1.54, 1.807) is 4.90 Å². The van der Waals surface area contributed by atoms with Crippen molar-refractivity contribution < 1.29 is 22.7 Å². The van der Waals surface area contributed by atoms with Gasteiger partial charge in [0.05, 0.1) is 6.42 Å². The third kappa shape index (κ3) is 5.43. The second-order valence-corrected chi connectivity index (χ2v) is 4.76. The van der Waals surface area contributed by atoms with Gasteiger partial charge in [-0.05, 0) is 24.1 Å². The number of nitrogens with zero attached hydrogens (tertiary/aromatic N) is 1. The lowest BCUT2D eigenvalue weighted by Gasteiger charge is -2.16. The van der Waals surface area contributed by atoms with Crippen LogP contribution in [0.4, 0.5) is 13.2 Å². The fourth-order valence-electron chi connectivity index (χ4n) is 2.11. The summed E-state index contributed by atoms with van der Waals surface area (Å²) >= 11 is 0. The van der Waals surface area contributed by atoms with Crippen LogP contribution >= 0.6 is 12.4 Å². The van der Waals surface area contributed by atoms with Gasteiger partial charge in [-0.25, -0.2) is 0 Å². The molecule has 1 saturated heterocycles. The van der Waals surface area contributed by atoms with Crippen LogP contribution in [0.15, 0.2) is 24.3 Å². The van der Waals surface area contributed by atoms with Crippen molar-refractivity contribution in [3.8, 4) is 5.75 Å². The first-order valence-electron chi connectivity index (χ1n) is 6.21. The number of alkyl halides is 3. The second-order valence-electron chi connectivity index (χ2n) is 4.76. The van der Waals surface area contributed by atoms with Crippen LogP contribution in [0, 0.1) is 0 Å². The van der Waals surface area contributed by atoms with E-state index >= 15 is 0 Å². The number of nitrogens with two attached hydrogens (primary N) is 1. The van der Waals surface area contributed by atoms with Crippen LogP contribution < -0.4 is 10.5 Å². The Labute approximate surface area is 126 Å². The van der Waals surface area contributed by atoms with Crippen molar-refractivity contribution in [2.24, 2.45) is 5.73 Å². The van der Waals surface area contributed by atoms with Gasteiger partial charge in [-0.1, -0.05) is 12.1 Å². The molecule has 1 aliphatic heterocycles. The number of benzene rings is 1. The molecular weight excluding hydrogens is 309 g/mol. The molecule has 2 N–H and O–H groups in total. The predicted octanol–water partition coefficient (Wildman–Crippen LogP) is 2.11. The SMILES string of the molecule is Cl.NC1CCN(C(=O)Cc2ccc(OC(F)(F)F)cc2)C1. The highest BCUT2D eigenvalue weighted by atomic mass is 35.5. The molecule has 1 heterocycles. The number of rotatable bonds is 3. The van der Waals surface area contributed by atoms with Gasteiger partial charge >= 0.3 is 6.36 Å². The Hall–Kier alpha value is -1.47. The molecule has 0 bridgehead atoms. The highest BCUT2D eigenvalue weighted by Gasteiger charge is 2.31. The number of carbonyl (C=O) groups excluding carboxylic acids is 1. The van der Waals surface area contributed by atoms with E-state index in [0.29, 0.717) is 18.7 Å². The van der Waals surface area contributed by atoms with Crippen LogP contribution in [-0.4, -0.2) is 36.3 Å². The largest absolute Gasteiger partial charge is 0.573 e. The number of halogens is 4. The van der Waals surface area contributed by atoms with Crippen LogP contribution in [0.5, 0.6) is 5.75 Å². The molecule has 1 aliphatic rings. The summed E-state index contributed by atoms with van der Waals surface area (Å²) in [5.74, 6) is -0.362. The van der Waals surface area contributed by atoms with Crippen molar-refractivity contribution >= 4 is 18.3 Å². The third-order valence-corrected chi connectivity index (χ3v) is 3.09. The molecule has 118 valence electrons. The van der Waals surface area contributed by atoms with E-state index in [1.807, 2.05) is 0 Å². The Morgan fingerprint density at radius 1 is 1.33 bits per heavy atom. The predicted molar refractivity (Wildman–Crippen MR) is 73.2 cm³/mol. The zero-order valence-electron chi connectivity index (χ0n) is 11.1. The summed E-state index contributed by atoms with van der Waals surface area (Å²) in [6.45, 7) is 1.17. The van der Waals surface area contributed by atoms with Gasteiger partial charge in [0.1, 0.15) is 5.75 Å². The summed E-state index contributed by atoms with van der Waals surface area (Å²) in [6.07, 6.45) is -3.77. The zero-order chi connectivity index (χ0) is 14.8. The van der Waals surface area contributed by atoms with Crippen LogP contribution in [0.25, 0.3) is 0 Å². The van der Waals surface area contributed by atoms with Gasteiger partial charge in [-0.3, -0.25) is 4.79 Å². The molecule has 1 fully saturated rings. The van der Waals surface area contributed by atoms with Crippen molar-refractivity contribution in [3.63, 3.8) is 0 Å². The highest BCUT2D eigenvalue weighted by Crippen LogP contribution is 2.23. The first kappa shape index (κ1) is 17.6. The third-order valence-electron chi connectivity index (χ3n) is 3.09. The van der Waals surface area contributed by atoms with Crippen molar-refractivity contribution in [2.75, 3.05) is 13.1 Å². The molecule has 1 amide bonds. The first-order valence-corrected chi connectivity index (χ1v) is 6.21. The molecule has 0 spiro atoms. The topological polar surface area (TPSA) is 55.6 Å². The molecule has 1 unspecified atom stereocenters. The van der Waals surface area contributed by atoms with E-state index in [2.05, 4.69) is 4.74 Å². The molecule has 0 radical (unpaired) electrons. The summed E-state index contributed by atoms with van der Waals surface area (Å²) in [5, 5.41) is 0. The van der Waals surface area contributed by atoms with E-state index in [9.17, 15) is 18.0 Å². The fourth-order valence-corrected chi connectivity index (χ4v) is 2.11. The minimum atomic E-state index is -4.71. The molecule has 0 saturated carbocycles. The number of amides is 1. The average molecular weight is 325 g/mol. The second kappa shape index (κ2) is 7.00. The summed E-state index contributed by atoms with van der Waals surface area (Å²) in [5.41, 5.74) is 6.36. The van der Waals surface area contributed by atoms with E-state index in [4.69, 9.17) is 5.73 Å². The van der Waals surface area contributed by atoms with Gasteiger partial charge in [0.2, 0.25) is 5.91 Å². The monoisotopic (exact) mass is 324 g/mol. The lowest BCUT2D eigenvalue weighted by Crippen LogP contribution is -2.32. The summed E-state index contributed by atoms with van der Waals surface area (Å²) < 4.78 is 39.8.